The Bertz CT molecular complexity index is 321. The van der Waals surface area contributed by atoms with Crippen LogP contribution in [0.3, 0.4) is 0 Å². The first kappa shape index (κ1) is 13.7. The number of nitrogens with one attached hydrogen (secondary N) is 1. The summed E-state index contributed by atoms with van der Waals surface area (Å²) in [6.07, 6.45) is 0. The van der Waals surface area contributed by atoms with Gasteiger partial charge >= 0.3 is 0 Å². The minimum Gasteiger partial charge on any atom is -0.375 e. The summed E-state index contributed by atoms with van der Waals surface area (Å²) >= 11 is 11.7. The second kappa shape index (κ2) is 7.87. The maximum absolute atomic E-state index is 5.88. The van der Waals surface area contributed by atoms with E-state index in [-0.39, 0.29) is 0 Å². The average molecular weight is 263 g/mol. The lowest BCUT2D eigenvalue weighted by Crippen LogP contribution is -2.25. The van der Waals surface area contributed by atoms with Crippen LogP contribution >= 0.6 is 23.2 Å². The van der Waals surface area contributed by atoms with Crippen LogP contribution in [0.5, 0.6) is 0 Å². The zero-order valence-electron chi connectivity index (χ0n) is 9.01. The molecule has 0 unspecified atom stereocenters. The summed E-state index contributed by atoms with van der Waals surface area (Å²) in [6.45, 7) is 3.46. The number of hydrogen-bond donors (Lipinski definition) is 2. The van der Waals surface area contributed by atoms with Gasteiger partial charge in [-0.2, -0.15) is 0 Å². The van der Waals surface area contributed by atoms with Crippen molar-refractivity contribution >= 4 is 23.2 Å². The molecule has 1 aromatic rings. The first-order chi connectivity index (χ1) is 7.74. The number of rotatable bonds is 7. The maximum Gasteiger partial charge on any atom is 0.0718 e. The van der Waals surface area contributed by atoms with Crippen LogP contribution in [0.2, 0.25) is 10.0 Å². The van der Waals surface area contributed by atoms with Crippen molar-refractivity contribution in [3.05, 3.63) is 33.8 Å². The first-order valence-corrected chi connectivity index (χ1v) is 5.92. The predicted molar refractivity (Wildman–Crippen MR) is 68.0 cm³/mol. The number of nitrogens with two attached hydrogens (primary N) is 1. The molecule has 1 aromatic carbocycles. The molecule has 0 aliphatic heterocycles. The molecule has 5 heteroatoms. The van der Waals surface area contributed by atoms with Crippen molar-refractivity contribution < 1.29 is 4.74 Å². The Morgan fingerprint density at radius 1 is 1.19 bits per heavy atom. The first-order valence-electron chi connectivity index (χ1n) is 5.16. The average Bonchev–Trinajstić information content (AvgIpc) is 2.28. The summed E-state index contributed by atoms with van der Waals surface area (Å²) in [5, 5.41) is 4.27. The molecule has 16 heavy (non-hydrogen) atoms. The molecule has 90 valence electrons. The zero-order chi connectivity index (χ0) is 11.8. The van der Waals surface area contributed by atoms with Crippen LogP contribution in [-0.4, -0.2) is 26.2 Å². The standard InChI is InChI=1S/C11H16Cl2N2O/c12-10-2-1-9(7-11(10)13)8-16-6-5-15-4-3-14/h1-2,7,15H,3-6,8,14H2. The fraction of sp³-hybridized carbons (Fsp3) is 0.455. The van der Waals surface area contributed by atoms with E-state index in [4.69, 9.17) is 33.7 Å². The third kappa shape index (κ3) is 5.14. The maximum atomic E-state index is 5.88. The Morgan fingerprint density at radius 2 is 2.00 bits per heavy atom. The number of hydrogen-bond acceptors (Lipinski definition) is 3. The van der Waals surface area contributed by atoms with E-state index < -0.39 is 0 Å². The highest BCUT2D eigenvalue weighted by Crippen LogP contribution is 2.22. The van der Waals surface area contributed by atoms with Gasteiger partial charge in [-0.1, -0.05) is 29.3 Å². The molecule has 3 N–H and O–H groups in total. The smallest absolute Gasteiger partial charge is 0.0718 e. The lowest BCUT2D eigenvalue weighted by molar-refractivity contribution is 0.123. The molecule has 0 saturated carbocycles. The second-order valence-corrected chi connectivity index (χ2v) is 4.15. The lowest BCUT2D eigenvalue weighted by atomic mass is 10.2. The molecule has 0 amide bonds. The van der Waals surface area contributed by atoms with Crippen molar-refractivity contribution in [3.63, 3.8) is 0 Å². The van der Waals surface area contributed by atoms with Crippen LogP contribution in [0.25, 0.3) is 0 Å². The molecule has 0 atom stereocenters. The molecule has 0 spiro atoms. The molecule has 0 fully saturated rings. The summed E-state index contributed by atoms with van der Waals surface area (Å²) in [5.41, 5.74) is 6.36. The highest BCUT2D eigenvalue weighted by Gasteiger charge is 1.99. The van der Waals surface area contributed by atoms with Crippen LogP contribution in [-0.2, 0) is 11.3 Å². The van der Waals surface area contributed by atoms with Crippen LogP contribution < -0.4 is 11.1 Å². The van der Waals surface area contributed by atoms with E-state index >= 15 is 0 Å². The van der Waals surface area contributed by atoms with Gasteiger partial charge in [-0.3, -0.25) is 0 Å². The molecule has 3 nitrogen and oxygen atoms in total. The summed E-state index contributed by atoms with van der Waals surface area (Å²) in [6, 6.07) is 5.49. The Hall–Kier alpha value is -0.320. The van der Waals surface area contributed by atoms with Gasteiger partial charge in [0, 0.05) is 19.6 Å². The highest BCUT2D eigenvalue weighted by molar-refractivity contribution is 6.41. The third-order valence-corrected chi connectivity index (χ3v) is 2.74. The minimum absolute atomic E-state index is 0.543. The normalized spacial score (nSPS) is 10.7. The molecule has 0 heterocycles. The van der Waals surface area contributed by atoms with Gasteiger partial charge < -0.3 is 15.8 Å². The second-order valence-electron chi connectivity index (χ2n) is 3.34. The minimum atomic E-state index is 0.543. The summed E-state index contributed by atoms with van der Waals surface area (Å²) < 4.78 is 5.46. The highest BCUT2D eigenvalue weighted by atomic mass is 35.5. The van der Waals surface area contributed by atoms with Crippen molar-refractivity contribution in [2.75, 3.05) is 26.2 Å². The fourth-order valence-corrected chi connectivity index (χ4v) is 1.51. The molecular weight excluding hydrogens is 247 g/mol. The van der Waals surface area contributed by atoms with Gasteiger partial charge in [0.25, 0.3) is 0 Å². The largest absolute Gasteiger partial charge is 0.375 e. The van der Waals surface area contributed by atoms with E-state index in [1.807, 2.05) is 12.1 Å². The zero-order valence-corrected chi connectivity index (χ0v) is 10.5. The Morgan fingerprint density at radius 3 is 2.69 bits per heavy atom. The molecule has 0 bridgehead atoms. The summed E-state index contributed by atoms with van der Waals surface area (Å²) in [5.74, 6) is 0. The fourth-order valence-electron chi connectivity index (χ4n) is 1.19. The van der Waals surface area contributed by atoms with Crippen LogP contribution in [0, 0.1) is 0 Å². The van der Waals surface area contributed by atoms with Crippen LogP contribution in [0.4, 0.5) is 0 Å². The number of halogens is 2. The molecule has 0 aromatic heterocycles. The van der Waals surface area contributed by atoms with Gasteiger partial charge in [-0.25, -0.2) is 0 Å². The van der Waals surface area contributed by atoms with Gasteiger partial charge in [-0.05, 0) is 17.7 Å². The van der Waals surface area contributed by atoms with Crippen molar-refractivity contribution in [2.45, 2.75) is 6.61 Å². The van der Waals surface area contributed by atoms with Crippen LogP contribution in [0.1, 0.15) is 5.56 Å². The van der Waals surface area contributed by atoms with Gasteiger partial charge in [0.15, 0.2) is 0 Å². The van der Waals surface area contributed by atoms with E-state index in [1.165, 1.54) is 0 Å². The van der Waals surface area contributed by atoms with Crippen LogP contribution in [0.15, 0.2) is 18.2 Å². The molecule has 0 radical (unpaired) electrons. The van der Waals surface area contributed by atoms with Gasteiger partial charge in [0.2, 0.25) is 0 Å². The van der Waals surface area contributed by atoms with Crippen molar-refractivity contribution in [2.24, 2.45) is 5.73 Å². The quantitative estimate of drug-likeness (QED) is 0.740. The SMILES string of the molecule is NCCNCCOCc1ccc(Cl)c(Cl)c1. The third-order valence-electron chi connectivity index (χ3n) is 2.00. The molecule has 0 saturated heterocycles. The topological polar surface area (TPSA) is 47.3 Å². The van der Waals surface area contributed by atoms with Crippen molar-refractivity contribution in [1.82, 2.24) is 5.32 Å². The van der Waals surface area contributed by atoms with Crippen molar-refractivity contribution in [3.8, 4) is 0 Å². The predicted octanol–water partition coefficient (Wildman–Crippen LogP) is 2.06. The van der Waals surface area contributed by atoms with E-state index in [9.17, 15) is 0 Å². The van der Waals surface area contributed by atoms with E-state index in [0.29, 0.717) is 29.8 Å². The monoisotopic (exact) mass is 262 g/mol. The molecule has 1 rings (SSSR count). The van der Waals surface area contributed by atoms with Gasteiger partial charge in [0.1, 0.15) is 0 Å². The van der Waals surface area contributed by atoms with E-state index in [0.717, 1.165) is 18.7 Å². The summed E-state index contributed by atoms with van der Waals surface area (Å²) in [7, 11) is 0. The van der Waals surface area contributed by atoms with E-state index in [2.05, 4.69) is 5.32 Å². The molecule has 0 aliphatic rings. The molecule has 0 aliphatic carbocycles. The van der Waals surface area contributed by atoms with Gasteiger partial charge in [0.05, 0.1) is 23.3 Å². The van der Waals surface area contributed by atoms with Gasteiger partial charge in [-0.15, -0.1) is 0 Å². The summed E-state index contributed by atoms with van der Waals surface area (Å²) in [4.78, 5) is 0. The lowest BCUT2D eigenvalue weighted by Gasteiger charge is -2.06. The Labute approximate surface area is 106 Å². The van der Waals surface area contributed by atoms with E-state index in [1.54, 1.807) is 6.07 Å². The Balaban J connectivity index is 2.19. The number of benzene rings is 1. The van der Waals surface area contributed by atoms with Crippen molar-refractivity contribution in [1.29, 1.82) is 0 Å². The number of ether oxygens (including phenoxy) is 1. The Kier molecular flexibility index (Phi) is 6.76. The molecular formula is C11H16Cl2N2O.